The van der Waals surface area contributed by atoms with Crippen LogP contribution in [0, 0.1) is 0 Å². The van der Waals surface area contributed by atoms with Crippen molar-refractivity contribution in [2.45, 2.75) is 39.0 Å². The van der Waals surface area contributed by atoms with E-state index in [0.717, 1.165) is 44.5 Å². The molecule has 0 unspecified atom stereocenters. The number of alkyl halides is 2. The predicted octanol–water partition coefficient (Wildman–Crippen LogP) is 4.64. The van der Waals surface area contributed by atoms with Gasteiger partial charge in [0.25, 0.3) is 0 Å². The largest absolute Gasteiger partial charge is 0.466 e. The van der Waals surface area contributed by atoms with Crippen molar-refractivity contribution < 1.29 is 9.53 Å². The Hall–Kier alpha value is -0.930. The first-order chi connectivity index (χ1) is 11.2. The number of nitrogens with zero attached hydrogens (tertiary/aromatic N) is 1. The van der Waals surface area contributed by atoms with Crippen LogP contribution < -0.4 is 4.90 Å². The topological polar surface area (TPSA) is 29.5 Å². The van der Waals surface area contributed by atoms with Gasteiger partial charge in [0.2, 0.25) is 0 Å². The highest BCUT2D eigenvalue weighted by atomic mass is 35.5. The lowest BCUT2D eigenvalue weighted by Gasteiger charge is -2.23. The van der Waals surface area contributed by atoms with Gasteiger partial charge in [0, 0.05) is 37.0 Å². The Labute approximate surface area is 149 Å². The molecule has 0 fully saturated rings. The Morgan fingerprint density at radius 2 is 1.74 bits per heavy atom. The second-order valence-corrected chi connectivity index (χ2v) is 6.21. The summed E-state index contributed by atoms with van der Waals surface area (Å²) < 4.78 is 5.15. The standard InChI is InChI=1S/C18H27Cl2NO2/c1-2-3-15-23-18(22)6-4-5-16-7-9-17(10-8-16)21(13-11-19)14-12-20/h7-10H,2-6,11-15H2,1H3. The van der Waals surface area contributed by atoms with E-state index in [1.165, 1.54) is 5.56 Å². The third kappa shape index (κ3) is 8.47. The second kappa shape index (κ2) is 12.5. The molecule has 0 spiro atoms. The number of benzene rings is 1. The highest BCUT2D eigenvalue weighted by Crippen LogP contribution is 2.17. The van der Waals surface area contributed by atoms with Crippen LogP contribution >= 0.6 is 23.2 Å². The van der Waals surface area contributed by atoms with Crippen molar-refractivity contribution in [3.63, 3.8) is 0 Å². The van der Waals surface area contributed by atoms with Crippen molar-refractivity contribution in [2.75, 3.05) is 36.4 Å². The van der Waals surface area contributed by atoms with Crippen LogP contribution in [0.25, 0.3) is 0 Å². The fraction of sp³-hybridized carbons (Fsp3) is 0.611. The van der Waals surface area contributed by atoms with Gasteiger partial charge >= 0.3 is 5.97 Å². The lowest BCUT2D eigenvalue weighted by atomic mass is 10.1. The minimum absolute atomic E-state index is 0.0922. The zero-order valence-corrected chi connectivity index (χ0v) is 15.4. The molecule has 5 heteroatoms. The smallest absolute Gasteiger partial charge is 0.305 e. The van der Waals surface area contributed by atoms with Gasteiger partial charge in [0.15, 0.2) is 0 Å². The molecule has 0 atom stereocenters. The summed E-state index contributed by atoms with van der Waals surface area (Å²) in [5, 5.41) is 0. The second-order valence-electron chi connectivity index (χ2n) is 5.46. The van der Waals surface area contributed by atoms with Crippen LogP contribution in [0.5, 0.6) is 0 Å². The summed E-state index contributed by atoms with van der Waals surface area (Å²) in [5.74, 6) is 1.07. The minimum Gasteiger partial charge on any atom is -0.466 e. The van der Waals surface area contributed by atoms with Crippen LogP contribution in [0.4, 0.5) is 5.69 Å². The molecule has 0 aliphatic heterocycles. The Bertz CT molecular complexity index is 431. The number of hydrogen-bond acceptors (Lipinski definition) is 3. The van der Waals surface area contributed by atoms with Gasteiger partial charge in [-0.3, -0.25) is 4.79 Å². The first kappa shape index (κ1) is 20.1. The maximum Gasteiger partial charge on any atom is 0.305 e. The van der Waals surface area contributed by atoms with Crippen LogP contribution in [0.3, 0.4) is 0 Å². The van der Waals surface area contributed by atoms with Gasteiger partial charge in [0.05, 0.1) is 6.61 Å². The van der Waals surface area contributed by atoms with E-state index in [4.69, 9.17) is 27.9 Å². The SMILES string of the molecule is CCCCOC(=O)CCCc1ccc(N(CCCl)CCCl)cc1. The van der Waals surface area contributed by atoms with E-state index in [2.05, 4.69) is 36.1 Å². The number of rotatable bonds is 12. The Morgan fingerprint density at radius 3 is 2.30 bits per heavy atom. The summed E-state index contributed by atoms with van der Waals surface area (Å²) in [5.41, 5.74) is 2.36. The molecule has 0 saturated heterocycles. The highest BCUT2D eigenvalue weighted by molar-refractivity contribution is 6.18. The molecule has 0 saturated carbocycles. The van der Waals surface area contributed by atoms with Gasteiger partial charge < -0.3 is 9.64 Å². The molecular weight excluding hydrogens is 333 g/mol. The molecule has 3 nitrogen and oxygen atoms in total. The zero-order chi connectivity index (χ0) is 16.9. The van der Waals surface area contributed by atoms with Crippen molar-refractivity contribution in [3.8, 4) is 0 Å². The summed E-state index contributed by atoms with van der Waals surface area (Å²) in [7, 11) is 0. The first-order valence-corrected chi connectivity index (χ1v) is 9.39. The Kier molecular flexibility index (Phi) is 10.9. The molecule has 0 N–H and O–H groups in total. The first-order valence-electron chi connectivity index (χ1n) is 8.32. The van der Waals surface area contributed by atoms with E-state index in [0.29, 0.717) is 24.8 Å². The molecule has 0 aliphatic carbocycles. The average molecular weight is 360 g/mol. The molecule has 0 heterocycles. The van der Waals surface area contributed by atoms with Gasteiger partial charge in [-0.25, -0.2) is 0 Å². The maximum absolute atomic E-state index is 11.5. The molecule has 0 bridgehead atoms. The van der Waals surface area contributed by atoms with Crippen molar-refractivity contribution in [2.24, 2.45) is 0 Å². The summed E-state index contributed by atoms with van der Waals surface area (Å²) in [4.78, 5) is 13.7. The molecule has 23 heavy (non-hydrogen) atoms. The number of unbranched alkanes of at least 4 members (excludes halogenated alkanes) is 1. The van der Waals surface area contributed by atoms with Crippen LogP contribution in [-0.4, -0.2) is 37.4 Å². The molecular formula is C18H27Cl2NO2. The zero-order valence-electron chi connectivity index (χ0n) is 13.9. The molecule has 1 aromatic rings. The molecule has 130 valence electrons. The molecule has 1 aromatic carbocycles. The summed E-state index contributed by atoms with van der Waals surface area (Å²) in [6, 6.07) is 8.39. The van der Waals surface area contributed by atoms with E-state index in [-0.39, 0.29) is 5.97 Å². The lowest BCUT2D eigenvalue weighted by molar-refractivity contribution is -0.143. The number of anilines is 1. The fourth-order valence-corrected chi connectivity index (χ4v) is 2.69. The molecule has 0 aromatic heterocycles. The maximum atomic E-state index is 11.5. The third-order valence-electron chi connectivity index (χ3n) is 3.62. The summed E-state index contributed by atoms with van der Waals surface area (Å²) >= 11 is 11.7. The highest BCUT2D eigenvalue weighted by Gasteiger charge is 2.06. The van der Waals surface area contributed by atoms with E-state index < -0.39 is 0 Å². The monoisotopic (exact) mass is 359 g/mol. The van der Waals surface area contributed by atoms with Crippen molar-refractivity contribution in [1.82, 2.24) is 0 Å². The molecule has 0 amide bonds. The number of carbonyl (C=O) groups is 1. The minimum atomic E-state index is -0.0922. The van der Waals surface area contributed by atoms with Crippen molar-refractivity contribution >= 4 is 34.9 Å². The molecule has 0 aliphatic rings. The predicted molar refractivity (Wildman–Crippen MR) is 98.9 cm³/mol. The summed E-state index contributed by atoms with van der Waals surface area (Å²) in [6.45, 7) is 4.20. The molecule has 0 radical (unpaired) electrons. The van der Waals surface area contributed by atoms with Crippen molar-refractivity contribution in [3.05, 3.63) is 29.8 Å². The molecule has 1 rings (SSSR count). The van der Waals surface area contributed by atoms with Crippen LogP contribution in [0.2, 0.25) is 0 Å². The van der Waals surface area contributed by atoms with E-state index in [9.17, 15) is 4.79 Å². The van der Waals surface area contributed by atoms with Crippen LogP contribution in [-0.2, 0) is 16.0 Å². The van der Waals surface area contributed by atoms with Crippen LogP contribution in [0.1, 0.15) is 38.2 Å². The van der Waals surface area contributed by atoms with Gasteiger partial charge in [-0.2, -0.15) is 0 Å². The van der Waals surface area contributed by atoms with E-state index in [1.54, 1.807) is 0 Å². The average Bonchev–Trinajstić information content (AvgIpc) is 2.56. The number of halogens is 2. The van der Waals surface area contributed by atoms with Crippen molar-refractivity contribution in [1.29, 1.82) is 0 Å². The van der Waals surface area contributed by atoms with Gasteiger partial charge in [-0.15, -0.1) is 23.2 Å². The lowest BCUT2D eigenvalue weighted by Crippen LogP contribution is -2.27. The number of carbonyl (C=O) groups excluding carboxylic acids is 1. The fourth-order valence-electron chi connectivity index (χ4n) is 2.29. The Balaban J connectivity index is 2.37. The number of ether oxygens (including phenoxy) is 1. The third-order valence-corrected chi connectivity index (χ3v) is 3.96. The van der Waals surface area contributed by atoms with Gasteiger partial charge in [-0.1, -0.05) is 25.5 Å². The van der Waals surface area contributed by atoms with Crippen LogP contribution in [0.15, 0.2) is 24.3 Å². The van der Waals surface area contributed by atoms with Gasteiger partial charge in [0.1, 0.15) is 0 Å². The number of esters is 1. The van der Waals surface area contributed by atoms with E-state index in [1.807, 2.05) is 0 Å². The normalized spacial score (nSPS) is 10.6. The number of aryl methyl sites for hydroxylation is 1. The van der Waals surface area contributed by atoms with Gasteiger partial charge in [-0.05, 0) is 37.0 Å². The quantitative estimate of drug-likeness (QED) is 0.309. The Morgan fingerprint density at radius 1 is 1.09 bits per heavy atom. The number of hydrogen-bond donors (Lipinski definition) is 0. The summed E-state index contributed by atoms with van der Waals surface area (Å²) in [6.07, 6.45) is 4.17. The van der Waals surface area contributed by atoms with E-state index >= 15 is 0 Å².